The lowest BCUT2D eigenvalue weighted by Gasteiger charge is -2.12. The van der Waals surface area contributed by atoms with Crippen molar-refractivity contribution in [2.75, 3.05) is 25.6 Å². The molecule has 0 atom stereocenters. The number of hydrogen-bond donors (Lipinski definition) is 1. The van der Waals surface area contributed by atoms with Crippen LogP contribution in [-0.4, -0.2) is 26.2 Å². The van der Waals surface area contributed by atoms with Crippen LogP contribution in [0.4, 0.5) is 10.1 Å². The van der Waals surface area contributed by atoms with Crippen molar-refractivity contribution >= 4 is 23.2 Å². The van der Waals surface area contributed by atoms with Gasteiger partial charge in [0.25, 0.3) is 5.91 Å². The van der Waals surface area contributed by atoms with E-state index in [1.165, 1.54) is 19.2 Å². The molecule has 0 aliphatic heterocycles. The summed E-state index contributed by atoms with van der Waals surface area (Å²) in [6.45, 7) is 2.11. The molecule has 0 fully saturated rings. The maximum absolute atomic E-state index is 13.0. The van der Waals surface area contributed by atoms with Crippen LogP contribution in [0.15, 0.2) is 36.4 Å². The van der Waals surface area contributed by atoms with Crippen molar-refractivity contribution in [3.05, 3.63) is 47.2 Å². The molecule has 0 aliphatic carbocycles. The van der Waals surface area contributed by atoms with Gasteiger partial charge in [-0.25, -0.2) is 4.39 Å². The molecule has 128 valence electrons. The van der Waals surface area contributed by atoms with Crippen LogP contribution < -0.4 is 19.5 Å². The largest absolute Gasteiger partial charge is 0.493 e. The molecule has 0 aromatic heterocycles. The van der Waals surface area contributed by atoms with Crippen molar-refractivity contribution in [2.45, 2.75) is 6.92 Å². The number of ether oxygens (including phenoxy) is 3. The summed E-state index contributed by atoms with van der Waals surface area (Å²) in [5, 5.41) is 2.77. The third-order valence-corrected chi connectivity index (χ3v) is 3.30. The van der Waals surface area contributed by atoms with Crippen LogP contribution in [0.25, 0.3) is 0 Å². The van der Waals surface area contributed by atoms with Crippen molar-refractivity contribution < 1.29 is 23.4 Å². The van der Waals surface area contributed by atoms with E-state index in [1.54, 1.807) is 18.2 Å². The van der Waals surface area contributed by atoms with E-state index in [-0.39, 0.29) is 23.3 Å². The summed E-state index contributed by atoms with van der Waals surface area (Å²) < 4.78 is 28.9. The molecule has 0 radical (unpaired) electrons. The van der Waals surface area contributed by atoms with Gasteiger partial charge >= 0.3 is 0 Å². The molecule has 0 bridgehead atoms. The molecule has 0 saturated heterocycles. The second-order valence-electron chi connectivity index (χ2n) is 4.71. The number of amides is 1. The van der Waals surface area contributed by atoms with Crippen molar-refractivity contribution in [3.63, 3.8) is 0 Å². The van der Waals surface area contributed by atoms with E-state index in [1.807, 2.05) is 6.92 Å². The van der Waals surface area contributed by atoms with Gasteiger partial charge in [0.1, 0.15) is 11.6 Å². The number of carbonyl (C=O) groups is 1. The average Bonchev–Trinajstić information content (AvgIpc) is 2.55. The number of anilines is 1. The van der Waals surface area contributed by atoms with Crippen molar-refractivity contribution in [3.8, 4) is 17.2 Å². The highest BCUT2D eigenvalue weighted by Crippen LogP contribution is 2.30. The Morgan fingerprint density at radius 1 is 1.12 bits per heavy atom. The molecule has 1 N–H and O–H groups in total. The standard InChI is InChI=1S/C17H17ClFNO4/c1-3-23-15-7-5-12(9-16(15)22-2)20-17(21)10-24-14-6-4-11(19)8-13(14)18/h4-9H,3,10H2,1-2H3,(H,20,21). The van der Waals surface area contributed by atoms with Gasteiger partial charge in [-0.15, -0.1) is 0 Å². The fourth-order valence-corrected chi connectivity index (χ4v) is 2.17. The molecule has 7 heteroatoms. The zero-order chi connectivity index (χ0) is 17.5. The number of hydrogen-bond acceptors (Lipinski definition) is 4. The van der Waals surface area contributed by atoms with Crippen LogP contribution >= 0.6 is 11.6 Å². The highest BCUT2D eigenvalue weighted by molar-refractivity contribution is 6.32. The second-order valence-corrected chi connectivity index (χ2v) is 5.12. The minimum atomic E-state index is -0.474. The molecule has 2 aromatic rings. The highest BCUT2D eigenvalue weighted by atomic mass is 35.5. The molecule has 5 nitrogen and oxygen atoms in total. The van der Waals surface area contributed by atoms with Crippen LogP contribution in [0.2, 0.25) is 5.02 Å². The zero-order valence-corrected chi connectivity index (χ0v) is 14.0. The zero-order valence-electron chi connectivity index (χ0n) is 13.3. The average molecular weight is 354 g/mol. The first-order chi connectivity index (χ1) is 11.5. The fraction of sp³-hybridized carbons (Fsp3) is 0.235. The number of carbonyl (C=O) groups excluding carboxylic acids is 1. The molecule has 0 unspecified atom stereocenters. The van der Waals surface area contributed by atoms with Gasteiger partial charge in [0.15, 0.2) is 18.1 Å². The van der Waals surface area contributed by atoms with Crippen LogP contribution in [0.1, 0.15) is 6.92 Å². The second kappa shape index (κ2) is 8.40. The molecule has 2 rings (SSSR count). The van der Waals surface area contributed by atoms with Gasteiger partial charge in [0.05, 0.1) is 18.7 Å². The summed E-state index contributed by atoms with van der Waals surface area (Å²) in [5.41, 5.74) is 0.536. The van der Waals surface area contributed by atoms with Crippen molar-refractivity contribution in [1.82, 2.24) is 0 Å². The topological polar surface area (TPSA) is 56.8 Å². The van der Waals surface area contributed by atoms with Crippen LogP contribution in [-0.2, 0) is 4.79 Å². The first-order valence-electron chi connectivity index (χ1n) is 7.22. The molecular weight excluding hydrogens is 337 g/mol. The monoisotopic (exact) mass is 353 g/mol. The Balaban J connectivity index is 1.96. The van der Waals surface area contributed by atoms with Crippen LogP contribution in [0, 0.1) is 5.82 Å². The van der Waals surface area contributed by atoms with E-state index in [2.05, 4.69) is 5.32 Å². The van der Waals surface area contributed by atoms with Gasteiger partial charge in [-0.2, -0.15) is 0 Å². The minimum Gasteiger partial charge on any atom is -0.493 e. The molecule has 24 heavy (non-hydrogen) atoms. The fourth-order valence-electron chi connectivity index (χ4n) is 1.95. The molecule has 0 heterocycles. The number of nitrogens with one attached hydrogen (secondary N) is 1. The Bertz CT molecular complexity index is 724. The third-order valence-electron chi connectivity index (χ3n) is 3.00. The third kappa shape index (κ3) is 4.76. The van der Waals surface area contributed by atoms with Gasteiger partial charge in [0.2, 0.25) is 0 Å². The first-order valence-corrected chi connectivity index (χ1v) is 7.59. The Hall–Kier alpha value is -2.47. The molecule has 0 saturated carbocycles. The molecule has 0 spiro atoms. The Labute approximate surface area is 144 Å². The van der Waals surface area contributed by atoms with E-state index >= 15 is 0 Å². The Morgan fingerprint density at radius 3 is 2.54 bits per heavy atom. The Kier molecular flexibility index (Phi) is 6.26. The van der Waals surface area contributed by atoms with Crippen molar-refractivity contribution in [2.24, 2.45) is 0 Å². The lowest BCUT2D eigenvalue weighted by atomic mass is 10.2. The van der Waals surface area contributed by atoms with Crippen LogP contribution in [0.3, 0.4) is 0 Å². The lowest BCUT2D eigenvalue weighted by molar-refractivity contribution is -0.118. The van der Waals surface area contributed by atoms with Gasteiger partial charge in [-0.05, 0) is 37.3 Å². The predicted molar refractivity (Wildman–Crippen MR) is 89.7 cm³/mol. The van der Waals surface area contributed by atoms with Gasteiger partial charge in [-0.1, -0.05) is 11.6 Å². The van der Waals surface area contributed by atoms with E-state index in [9.17, 15) is 9.18 Å². The minimum absolute atomic E-state index is 0.102. The summed E-state index contributed by atoms with van der Waals surface area (Å²) in [7, 11) is 1.52. The Morgan fingerprint density at radius 2 is 1.88 bits per heavy atom. The molecule has 2 aromatic carbocycles. The van der Waals surface area contributed by atoms with E-state index in [0.29, 0.717) is 23.8 Å². The predicted octanol–water partition coefficient (Wildman–Crippen LogP) is 3.90. The number of rotatable bonds is 7. The highest BCUT2D eigenvalue weighted by Gasteiger charge is 2.10. The SMILES string of the molecule is CCOc1ccc(NC(=O)COc2ccc(F)cc2Cl)cc1OC. The molecule has 0 aliphatic rings. The van der Waals surface area contributed by atoms with Gasteiger partial charge < -0.3 is 19.5 Å². The molecule has 1 amide bonds. The lowest BCUT2D eigenvalue weighted by Crippen LogP contribution is -2.20. The van der Waals surface area contributed by atoms with E-state index in [0.717, 1.165) is 6.07 Å². The molecular formula is C17H17ClFNO4. The number of methoxy groups -OCH3 is 1. The smallest absolute Gasteiger partial charge is 0.262 e. The van der Waals surface area contributed by atoms with E-state index < -0.39 is 5.82 Å². The number of benzene rings is 2. The summed E-state index contributed by atoms with van der Waals surface area (Å²) in [6.07, 6.45) is 0. The van der Waals surface area contributed by atoms with Gasteiger partial charge in [0, 0.05) is 11.8 Å². The van der Waals surface area contributed by atoms with E-state index in [4.69, 9.17) is 25.8 Å². The maximum atomic E-state index is 13.0. The quantitative estimate of drug-likeness (QED) is 0.820. The number of halogens is 2. The first kappa shape index (κ1) is 17.9. The van der Waals surface area contributed by atoms with Gasteiger partial charge in [-0.3, -0.25) is 4.79 Å². The van der Waals surface area contributed by atoms with Crippen molar-refractivity contribution in [1.29, 1.82) is 0 Å². The summed E-state index contributed by atoms with van der Waals surface area (Å²) >= 11 is 5.83. The summed E-state index contributed by atoms with van der Waals surface area (Å²) in [4.78, 5) is 11.9. The van der Waals surface area contributed by atoms with Crippen LogP contribution in [0.5, 0.6) is 17.2 Å². The maximum Gasteiger partial charge on any atom is 0.262 e. The normalized spacial score (nSPS) is 10.2. The summed E-state index contributed by atoms with van der Waals surface area (Å²) in [6, 6.07) is 8.73. The summed E-state index contributed by atoms with van der Waals surface area (Å²) in [5.74, 6) is 0.474.